The summed E-state index contributed by atoms with van der Waals surface area (Å²) in [5, 5.41) is 0. The largest absolute Gasteiger partial charge is 0.329 e. The first-order chi connectivity index (χ1) is 10.1. The molecule has 112 valence electrons. The molecule has 0 fully saturated rings. The van der Waals surface area contributed by atoms with Crippen LogP contribution in [0.2, 0.25) is 0 Å². The fraction of sp³-hybridized carbons (Fsp3) is 0.333. The van der Waals surface area contributed by atoms with Crippen LogP contribution in [0.25, 0.3) is 0 Å². The maximum Gasteiger partial charge on any atom is 0.0284 e. The topological polar surface area (TPSA) is 29.3 Å². The van der Waals surface area contributed by atoms with E-state index in [0.717, 1.165) is 11.0 Å². The summed E-state index contributed by atoms with van der Waals surface area (Å²) in [5.74, 6) is 0.414. The van der Waals surface area contributed by atoms with Gasteiger partial charge in [-0.2, -0.15) is 0 Å². The van der Waals surface area contributed by atoms with E-state index in [-0.39, 0.29) is 0 Å². The highest BCUT2D eigenvalue weighted by atomic mass is 79.9. The molecule has 2 atom stereocenters. The van der Waals surface area contributed by atoms with Crippen LogP contribution in [0.1, 0.15) is 24.0 Å². The summed E-state index contributed by atoms with van der Waals surface area (Å²) in [6.45, 7) is 3.82. The summed E-state index contributed by atoms with van der Waals surface area (Å²) in [4.78, 5) is 2.35. The molecular formula is C18H23BrN2. The third kappa shape index (κ3) is 4.40. The van der Waals surface area contributed by atoms with Gasteiger partial charge < -0.3 is 5.73 Å². The number of benzene rings is 2. The molecule has 0 spiro atoms. The molecule has 2 N–H and O–H groups in total. The zero-order valence-corrected chi connectivity index (χ0v) is 14.3. The third-order valence-electron chi connectivity index (χ3n) is 4.06. The second-order valence-corrected chi connectivity index (χ2v) is 6.46. The normalized spacial score (nSPS) is 14.1. The number of likely N-dealkylation sites (N-methyl/N-ethyl adjacent to an activating group) is 1. The third-order valence-corrected chi connectivity index (χ3v) is 4.58. The Morgan fingerprint density at radius 1 is 1.05 bits per heavy atom. The Kier molecular flexibility index (Phi) is 5.97. The van der Waals surface area contributed by atoms with Gasteiger partial charge in [0.1, 0.15) is 0 Å². The van der Waals surface area contributed by atoms with Crippen molar-refractivity contribution in [3.05, 3.63) is 70.2 Å². The van der Waals surface area contributed by atoms with E-state index in [0.29, 0.717) is 18.5 Å². The van der Waals surface area contributed by atoms with E-state index in [1.807, 2.05) is 0 Å². The number of hydrogen-bond acceptors (Lipinski definition) is 2. The summed E-state index contributed by atoms with van der Waals surface area (Å²) < 4.78 is 1.11. The van der Waals surface area contributed by atoms with Crippen LogP contribution in [0.4, 0.5) is 0 Å². The quantitative estimate of drug-likeness (QED) is 0.855. The van der Waals surface area contributed by atoms with Crippen LogP contribution in [0.3, 0.4) is 0 Å². The van der Waals surface area contributed by atoms with Crippen LogP contribution < -0.4 is 5.73 Å². The van der Waals surface area contributed by atoms with E-state index in [2.05, 4.69) is 89.4 Å². The van der Waals surface area contributed by atoms with Crippen LogP contribution in [0, 0.1) is 0 Å². The predicted molar refractivity (Wildman–Crippen MR) is 93.3 cm³/mol. The number of nitrogens with zero attached hydrogens (tertiary/aromatic N) is 1. The molecule has 0 saturated carbocycles. The van der Waals surface area contributed by atoms with Crippen molar-refractivity contribution in [3.8, 4) is 0 Å². The van der Waals surface area contributed by atoms with E-state index >= 15 is 0 Å². The lowest BCUT2D eigenvalue weighted by Crippen LogP contribution is -2.41. The molecule has 0 aliphatic rings. The lowest BCUT2D eigenvalue weighted by Gasteiger charge is -2.32. The van der Waals surface area contributed by atoms with Gasteiger partial charge in [0, 0.05) is 23.6 Å². The second kappa shape index (κ2) is 7.74. The molecule has 0 saturated heterocycles. The molecule has 0 aliphatic carbocycles. The van der Waals surface area contributed by atoms with Gasteiger partial charge in [-0.25, -0.2) is 0 Å². The maximum absolute atomic E-state index is 6.04. The molecule has 2 aromatic carbocycles. The first-order valence-electron chi connectivity index (χ1n) is 7.31. The summed E-state index contributed by atoms with van der Waals surface area (Å²) in [6, 6.07) is 19.4. The minimum atomic E-state index is 0.330. The van der Waals surface area contributed by atoms with Gasteiger partial charge in [0.15, 0.2) is 0 Å². The van der Waals surface area contributed by atoms with Gasteiger partial charge in [-0.05, 0) is 36.2 Å². The van der Waals surface area contributed by atoms with Gasteiger partial charge in [-0.3, -0.25) is 4.90 Å². The maximum atomic E-state index is 6.04. The Labute approximate surface area is 136 Å². The Morgan fingerprint density at radius 2 is 1.67 bits per heavy atom. The van der Waals surface area contributed by atoms with Crippen molar-refractivity contribution in [3.63, 3.8) is 0 Å². The first-order valence-corrected chi connectivity index (χ1v) is 8.11. The highest BCUT2D eigenvalue weighted by Gasteiger charge is 2.21. The minimum absolute atomic E-state index is 0.330. The lowest BCUT2D eigenvalue weighted by molar-refractivity contribution is 0.213. The van der Waals surface area contributed by atoms with Gasteiger partial charge in [0.05, 0.1) is 0 Å². The zero-order chi connectivity index (χ0) is 15.2. The number of hydrogen-bond donors (Lipinski definition) is 1. The van der Waals surface area contributed by atoms with Crippen molar-refractivity contribution in [1.82, 2.24) is 4.90 Å². The average molecular weight is 347 g/mol. The van der Waals surface area contributed by atoms with E-state index in [9.17, 15) is 0 Å². The molecule has 0 amide bonds. The molecule has 3 heteroatoms. The molecule has 0 radical (unpaired) electrons. The van der Waals surface area contributed by atoms with E-state index < -0.39 is 0 Å². The fourth-order valence-electron chi connectivity index (χ4n) is 2.74. The number of rotatable bonds is 6. The van der Waals surface area contributed by atoms with Crippen LogP contribution in [0.15, 0.2) is 59.1 Å². The minimum Gasteiger partial charge on any atom is -0.329 e. The van der Waals surface area contributed by atoms with Gasteiger partial charge in [0.2, 0.25) is 0 Å². The van der Waals surface area contributed by atoms with Crippen molar-refractivity contribution in [2.75, 3.05) is 13.6 Å². The molecule has 21 heavy (non-hydrogen) atoms. The van der Waals surface area contributed by atoms with E-state index in [1.165, 1.54) is 11.1 Å². The SMILES string of the molecule is CC(c1ccccc1)C(CN)N(C)Cc1ccc(Br)cc1. The molecule has 0 aliphatic heterocycles. The van der Waals surface area contributed by atoms with Crippen molar-refractivity contribution < 1.29 is 0 Å². The van der Waals surface area contributed by atoms with Crippen molar-refractivity contribution in [2.24, 2.45) is 5.73 Å². The van der Waals surface area contributed by atoms with Gasteiger partial charge in [0.25, 0.3) is 0 Å². The second-order valence-electron chi connectivity index (χ2n) is 5.54. The Morgan fingerprint density at radius 3 is 2.24 bits per heavy atom. The molecule has 2 unspecified atom stereocenters. The van der Waals surface area contributed by atoms with Gasteiger partial charge in [-0.15, -0.1) is 0 Å². The lowest BCUT2D eigenvalue weighted by atomic mass is 9.92. The summed E-state index contributed by atoms with van der Waals surface area (Å²) in [5.41, 5.74) is 8.69. The highest BCUT2D eigenvalue weighted by Crippen LogP contribution is 2.23. The van der Waals surface area contributed by atoms with Crippen LogP contribution in [0.5, 0.6) is 0 Å². The standard InChI is InChI=1S/C18H23BrN2/c1-14(16-6-4-3-5-7-16)18(12-20)21(2)13-15-8-10-17(19)11-9-15/h3-11,14,18H,12-13,20H2,1-2H3. The molecule has 2 rings (SSSR count). The fourth-order valence-corrected chi connectivity index (χ4v) is 3.00. The van der Waals surface area contributed by atoms with E-state index in [4.69, 9.17) is 5.73 Å². The first kappa shape index (κ1) is 16.2. The summed E-state index contributed by atoms with van der Waals surface area (Å²) >= 11 is 3.47. The molecule has 2 aromatic rings. The van der Waals surface area contributed by atoms with E-state index in [1.54, 1.807) is 0 Å². The van der Waals surface area contributed by atoms with Crippen LogP contribution in [-0.2, 0) is 6.54 Å². The monoisotopic (exact) mass is 346 g/mol. The van der Waals surface area contributed by atoms with Gasteiger partial charge in [-0.1, -0.05) is 65.3 Å². The molecule has 0 heterocycles. The van der Waals surface area contributed by atoms with Crippen LogP contribution in [-0.4, -0.2) is 24.5 Å². The molecule has 0 aromatic heterocycles. The number of halogens is 1. The molecular weight excluding hydrogens is 324 g/mol. The van der Waals surface area contributed by atoms with Crippen LogP contribution >= 0.6 is 15.9 Å². The van der Waals surface area contributed by atoms with Crippen molar-refractivity contribution in [2.45, 2.75) is 25.4 Å². The average Bonchev–Trinajstić information content (AvgIpc) is 2.51. The Bertz CT molecular complexity index is 539. The Hall–Kier alpha value is -1.16. The summed E-state index contributed by atoms with van der Waals surface area (Å²) in [6.07, 6.45) is 0. The van der Waals surface area contributed by atoms with Gasteiger partial charge >= 0.3 is 0 Å². The Balaban J connectivity index is 2.07. The highest BCUT2D eigenvalue weighted by molar-refractivity contribution is 9.10. The van der Waals surface area contributed by atoms with Crippen molar-refractivity contribution in [1.29, 1.82) is 0 Å². The number of nitrogens with two attached hydrogens (primary N) is 1. The smallest absolute Gasteiger partial charge is 0.0284 e. The molecule has 2 nitrogen and oxygen atoms in total. The zero-order valence-electron chi connectivity index (χ0n) is 12.7. The van der Waals surface area contributed by atoms with Crippen molar-refractivity contribution >= 4 is 15.9 Å². The molecule has 0 bridgehead atoms. The predicted octanol–water partition coefficient (Wildman–Crippen LogP) is 4.01. The summed E-state index contributed by atoms with van der Waals surface area (Å²) in [7, 11) is 2.15.